The maximum atomic E-state index is 5.66. The highest BCUT2D eigenvalue weighted by Gasteiger charge is 2.05. The van der Waals surface area contributed by atoms with Crippen molar-refractivity contribution in [3.8, 4) is 5.88 Å². The number of pyridine rings is 1. The minimum Gasteiger partial charge on any atom is -0.472 e. The van der Waals surface area contributed by atoms with Crippen molar-refractivity contribution in [1.82, 2.24) is 10.3 Å². The smallest absolute Gasteiger partial charge is 0.213 e. The molecule has 0 saturated heterocycles. The minimum absolute atomic E-state index is 0.0253. The lowest BCUT2D eigenvalue weighted by Crippen LogP contribution is -2.20. The van der Waals surface area contributed by atoms with Gasteiger partial charge in [0.05, 0.1) is 6.61 Å². The summed E-state index contributed by atoms with van der Waals surface area (Å²) in [7, 11) is 0. The quantitative estimate of drug-likeness (QED) is 0.746. The maximum absolute atomic E-state index is 5.66. The van der Waals surface area contributed by atoms with Crippen molar-refractivity contribution in [1.29, 1.82) is 0 Å². The van der Waals surface area contributed by atoms with Gasteiger partial charge in [-0.25, -0.2) is 4.98 Å². The lowest BCUT2D eigenvalue weighted by molar-refractivity contribution is 0.0633. The monoisotopic (exact) mass is 266 g/mol. The third-order valence-corrected chi connectivity index (χ3v) is 2.56. The average molecular weight is 266 g/mol. The second kappa shape index (κ2) is 8.88. The van der Waals surface area contributed by atoms with Crippen molar-refractivity contribution in [3.63, 3.8) is 0 Å². The van der Waals surface area contributed by atoms with E-state index in [1.807, 2.05) is 32.2 Å². The van der Waals surface area contributed by atoms with E-state index in [-0.39, 0.29) is 6.10 Å². The Balaban J connectivity index is 2.34. The standard InChI is InChI=1S/C15H26N2O2/c1-5-18-11-13(4)19-15-7-6-14(10-17-15)9-16-8-12(2)3/h6-7,10,12-13,16H,5,8-9,11H2,1-4H3. The summed E-state index contributed by atoms with van der Waals surface area (Å²) in [6.07, 6.45) is 1.88. The summed E-state index contributed by atoms with van der Waals surface area (Å²) in [5.41, 5.74) is 1.17. The predicted molar refractivity (Wildman–Crippen MR) is 77.4 cm³/mol. The van der Waals surface area contributed by atoms with Crippen LogP contribution in [0.4, 0.5) is 0 Å². The Morgan fingerprint density at radius 2 is 2.05 bits per heavy atom. The van der Waals surface area contributed by atoms with E-state index in [4.69, 9.17) is 9.47 Å². The molecule has 4 nitrogen and oxygen atoms in total. The Morgan fingerprint density at radius 1 is 1.26 bits per heavy atom. The second-order valence-corrected chi connectivity index (χ2v) is 5.12. The Hall–Kier alpha value is -1.13. The van der Waals surface area contributed by atoms with E-state index in [9.17, 15) is 0 Å². The van der Waals surface area contributed by atoms with E-state index < -0.39 is 0 Å². The minimum atomic E-state index is 0.0253. The third-order valence-electron chi connectivity index (χ3n) is 2.56. The highest BCUT2D eigenvalue weighted by Crippen LogP contribution is 2.10. The highest BCUT2D eigenvalue weighted by atomic mass is 16.5. The van der Waals surface area contributed by atoms with E-state index in [1.54, 1.807) is 0 Å². The molecule has 4 heteroatoms. The lowest BCUT2D eigenvalue weighted by atomic mass is 10.2. The van der Waals surface area contributed by atoms with Crippen LogP contribution in [0.1, 0.15) is 33.3 Å². The number of nitrogens with zero attached hydrogens (tertiary/aromatic N) is 1. The lowest BCUT2D eigenvalue weighted by Gasteiger charge is -2.14. The maximum Gasteiger partial charge on any atom is 0.213 e. The van der Waals surface area contributed by atoms with Crippen molar-refractivity contribution >= 4 is 0 Å². The molecule has 19 heavy (non-hydrogen) atoms. The Bertz CT molecular complexity index is 339. The van der Waals surface area contributed by atoms with Crippen LogP contribution in [0.15, 0.2) is 18.3 Å². The van der Waals surface area contributed by atoms with Crippen LogP contribution < -0.4 is 10.1 Å². The Labute approximate surface area is 116 Å². The van der Waals surface area contributed by atoms with Crippen molar-refractivity contribution in [2.45, 2.75) is 40.3 Å². The van der Waals surface area contributed by atoms with Crippen molar-refractivity contribution < 1.29 is 9.47 Å². The molecule has 0 radical (unpaired) electrons. The number of hydrogen-bond acceptors (Lipinski definition) is 4. The molecule has 1 aromatic rings. The van der Waals surface area contributed by atoms with E-state index in [1.165, 1.54) is 5.56 Å². The van der Waals surface area contributed by atoms with Crippen LogP contribution in [0.5, 0.6) is 5.88 Å². The molecule has 0 spiro atoms. The van der Waals surface area contributed by atoms with Gasteiger partial charge in [0.25, 0.3) is 0 Å². The molecule has 108 valence electrons. The van der Waals surface area contributed by atoms with E-state index >= 15 is 0 Å². The molecule has 1 aromatic heterocycles. The predicted octanol–water partition coefficient (Wildman–Crippen LogP) is 2.63. The first-order valence-electron chi connectivity index (χ1n) is 7.01. The van der Waals surface area contributed by atoms with Gasteiger partial charge in [-0.15, -0.1) is 0 Å². The van der Waals surface area contributed by atoms with Gasteiger partial charge in [0.2, 0.25) is 5.88 Å². The molecule has 0 aliphatic carbocycles. The second-order valence-electron chi connectivity index (χ2n) is 5.12. The van der Waals surface area contributed by atoms with Gasteiger partial charge in [0, 0.05) is 25.4 Å². The van der Waals surface area contributed by atoms with Crippen molar-refractivity contribution in [3.05, 3.63) is 23.9 Å². The number of rotatable bonds is 9. The molecule has 1 heterocycles. The molecule has 1 N–H and O–H groups in total. The summed E-state index contributed by atoms with van der Waals surface area (Å²) in [6, 6.07) is 3.96. The van der Waals surface area contributed by atoms with Crippen LogP contribution in [-0.2, 0) is 11.3 Å². The summed E-state index contributed by atoms with van der Waals surface area (Å²) < 4.78 is 11.0. The molecular formula is C15H26N2O2. The van der Waals surface area contributed by atoms with Crippen LogP contribution in [0.25, 0.3) is 0 Å². The van der Waals surface area contributed by atoms with Gasteiger partial charge in [-0.1, -0.05) is 19.9 Å². The fourth-order valence-corrected chi connectivity index (χ4v) is 1.61. The van der Waals surface area contributed by atoms with Crippen molar-refractivity contribution in [2.24, 2.45) is 5.92 Å². The molecule has 1 atom stereocenters. The van der Waals surface area contributed by atoms with Gasteiger partial charge in [-0.2, -0.15) is 0 Å². The van der Waals surface area contributed by atoms with Crippen LogP contribution in [0, 0.1) is 5.92 Å². The molecule has 0 aliphatic heterocycles. The summed E-state index contributed by atoms with van der Waals surface area (Å²) in [5.74, 6) is 1.31. The zero-order chi connectivity index (χ0) is 14.1. The summed E-state index contributed by atoms with van der Waals surface area (Å²) >= 11 is 0. The summed E-state index contributed by atoms with van der Waals surface area (Å²) in [5, 5.41) is 3.39. The highest BCUT2D eigenvalue weighted by molar-refractivity contribution is 5.17. The Morgan fingerprint density at radius 3 is 2.63 bits per heavy atom. The SMILES string of the molecule is CCOCC(C)Oc1ccc(CNCC(C)C)cn1. The zero-order valence-electron chi connectivity index (χ0n) is 12.5. The van der Waals surface area contributed by atoms with Gasteiger partial charge < -0.3 is 14.8 Å². The molecule has 0 amide bonds. The normalized spacial score (nSPS) is 12.7. The molecular weight excluding hydrogens is 240 g/mol. The number of hydrogen-bond donors (Lipinski definition) is 1. The molecule has 0 aromatic carbocycles. The van der Waals surface area contributed by atoms with Gasteiger partial charge in [0.1, 0.15) is 6.10 Å². The number of nitrogens with one attached hydrogen (secondary N) is 1. The average Bonchev–Trinajstić information content (AvgIpc) is 2.38. The molecule has 1 rings (SSSR count). The van der Waals surface area contributed by atoms with Gasteiger partial charge in [-0.05, 0) is 31.9 Å². The first kappa shape index (κ1) is 15.9. The van der Waals surface area contributed by atoms with Gasteiger partial charge in [-0.3, -0.25) is 0 Å². The molecule has 0 bridgehead atoms. The van der Waals surface area contributed by atoms with E-state index in [0.29, 0.717) is 25.0 Å². The first-order chi connectivity index (χ1) is 9.11. The van der Waals surface area contributed by atoms with E-state index in [0.717, 1.165) is 13.1 Å². The van der Waals surface area contributed by atoms with Crippen LogP contribution >= 0.6 is 0 Å². The summed E-state index contributed by atoms with van der Waals surface area (Å²) in [6.45, 7) is 11.5. The molecule has 0 fully saturated rings. The van der Waals surface area contributed by atoms with E-state index in [2.05, 4.69) is 24.1 Å². The molecule has 1 unspecified atom stereocenters. The fourth-order valence-electron chi connectivity index (χ4n) is 1.61. The summed E-state index contributed by atoms with van der Waals surface area (Å²) in [4.78, 5) is 4.31. The fraction of sp³-hybridized carbons (Fsp3) is 0.667. The third kappa shape index (κ3) is 7.13. The largest absolute Gasteiger partial charge is 0.472 e. The number of aromatic nitrogens is 1. The van der Waals surface area contributed by atoms with Crippen LogP contribution in [-0.4, -0.2) is 30.8 Å². The van der Waals surface area contributed by atoms with Gasteiger partial charge in [0.15, 0.2) is 0 Å². The van der Waals surface area contributed by atoms with Crippen molar-refractivity contribution in [2.75, 3.05) is 19.8 Å². The number of ether oxygens (including phenoxy) is 2. The molecule has 0 aliphatic rings. The van der Waals surface area contributed by atoms with Crippen LogP contribution in [0.2, 0.25) is 0 Å². The van der Waals surface area contributed by atoms with Gasteiger partial charge >= 0.3 is 0 Å². The Kier molecular flexibility index (Phi) is 7.45. The topological polar surface area (TPSA) is 43.4 Å². The molecule has 0 saturated carbocycles. The first-order valence-corrected chi connectivity index (χ1v) is 7.01. The van der Waals surface area contributed by atoms with Crippen LogP contribution in [0.3, 0.4) is 0 Å². The zero-order valence-corrected chi connectivity index (χ0v) is 12.5.